The van der Waals surface area contributed by atoms with Crippen LogP contribution in [0.25, 0.3) is 11.1 Å². The maximum Gasteiger partial charge on any atom is 0.251 e. The number of nitrogens with zero attached hydrogens (tertiary/aromatic N) is 1. The summed E-state index contributed by atoms with van der Waals surface area (Å²) < 4.78 is 15.6. The Labute approximate surface area is 170 Å². The third-order valence-corrected chi connectivity index (χ3v) is 5.34. The van der Waals surface area contributed by atoms with E-state index in [1.165, 1.54) is 12.1 Å². The predicted molar refractivity (Wildman–Crippen MR) is 114 cm³/mol. The summed E-state index contributed by atoms with van der Waals surface area (Å²) in [7, 11) is 0. The molecule has 5 heteroatoms. The minimum atomic E-state index is -0.469. The fourth-order valence-corrected chi connectivity index (χ4v) is 3.84. The molecule has 0 spiro atoms. The fraction of sp³-hybridized carbons (Fsp3) is 0.292. The summed E-state index contributed by atoms with van der Waals surface area (Å²) in [5, 5.41) is 9.49. The molecule has 3 rings (SSSR count). The van der Waals surface area contributed by atoms with Gasteiger partial charge in [-0.2, -0.15) is 0 Å². The molecule has 0 radical (unpaired) electrons. The summed E-state index contributed by atoms with van der Waals surface area (Å²) in [6.45, 7) is 4.74. The highest BCUT2D eigenvalue weighted by molar-refractivity contribution is 6.02. The fourth-order valence-electron chi connectivity index (χ4n) is 3.84. The van der Waals surface area contributed by atoms with Crippen LogP contribution in [0.3, 0.4) is 0 Å². The third-order valence-electron chi connectivity index (χ3n) is 5.34. The monoisotopic (exact) mass is 394 g/mol. The number of unbranched alkanes of at least 4 members (excludes halogenated alkanes) is 1. The zero-order valence-electron chi connectivity index (χ0n) is 16.9. The molecule has 1 aromatic heterocycles. The van der Waals surface area contributed by atoms with Crippen LogP contribution < -0.4 is 5.73 Å². The zero-order chi connectivity index (χ0) is 21.0. The lowest BCUT2D eigenvalue weighted by Gasteiger charge is -2.13. The molecule has 0 atom stereocenters. The summed E-state index contributed by atoms with van der Waals surface area (Å²) in [5.41, 5.74) is 10.9. The van der Waals surface area contributed by atoms with Crippen molar-refractivity contribution in [2.75, 3.05) is 0 Å². The first-order valence-corrected chi connectivity index (χ1v) is 9.98. The van der Waals surface area contributed by atoms with Crippen LogP contribution in [0.5, 0.6) is 5.75 Å². The molecule has 0 unspecified atom stereocenters. The molecule has 3 aromatic rings. The van der Waals surface area contributed by atoms with Gasteiger partial charge in [0.1, 0.15) is 11.6 Å². The van der Waals surface area contributed by atoms with E-state index in [1.807, 2.05) is 19.1 Å². The molecule has 0 fully saturated rings. The number of nitrogens with two attached hydrogens (primary N) is 1. The average molecular weight is 394 g/mol. The number of benzene rings is 2. The molecule has 0 aliphatic rings. The topological polar surface area (TPSA) is 68.2 Å². The van der Waals surface area contributed by atoms with Crippen molar-refractivity contribution >= 4 is 5.91 Å². The minimum absolute atomic E-state index is 0.240. The summed E-state index contributed by atoms with van der Waals surface area (Å²) in [4.78, 5) is 12.3. The molecule has 2 aromatic carbocycles. The number of amides is 1. The van der Waals surface area contributed by atoms with E-state index in [4.69, 9.17) is 5.73 Å². The standard InChI is InChI=1S/C24H27FN2O2/c1-3-4-5-21-23(18-8-10-19(25)11-9-18)22(24(26)29)16(2)27(21)15-14-17-6-12-20(28)13-7-17/h6-13,28H,3-5,14-15H2,1-2H3,(H2,26,29). The number of aryl methyl sites for hydroxylation is 1. The van der Waals surface area contributed by atoms with Crippen LogP contribution in [-0.4, -0.2) is 15.6 Å². The van der Waals surface area contributed by atoms with Crippen LogP contribution in [-0.2, 0) is 19.4 Å². The van der Waals surface area contributed by atoms with E-state index in [1.54, 1.807) is 24.3 Å². The lowest BCUT2D eigenvalue weighted by molar-refractivity contribution is 0.1000. The molecule has 3 N–H and O–H groups in total. The molecule has 4 nitrogen and oxygen atoms in total. The van der Waals surface area contributed by atoms with E-state index < -0.39 is 5.91 Å². The first-order valence-electron chi connectivity index (χ1n) is 9.98. The van der Waals surface area contributed by atoms with Gasteiger partial charge < -0.3 is 15.4 Å². The van der Waals surface area contributed by atoms with Gasteiger partial charge in [-0.25, -0.2) is 4.39 Å². The van der Waals surface area contributed by atoms with E-state index in [-0.39, 0.29) is 11.6 Å². The molecular weight excluding hydrogens is 367 g/mol. The number of hydrogen-bond acceptors (Lipinski definition) is 2. The molecular formula is C24H27FN2O2. The Hall–Kier alpha value is -3.08. The Bertz CT molecular complexity index is 989. The Morgan fingerprint density at radius 1 is 1.07 bits per heavy atom. The maximum absolute atomic E-state index is 13.5. The number of phenols is 1. The van der Waals surface area contributed by atoms with Crippen molar-refractivity contribution in [3.05, 3.63) is 76.9 Å². The molecule has 1 heterocycles. The number of aromatic nitrogens is 1. The Balaban J connectivity index is 2.08. The Morgan fingerprint density at radius 3 is 2.31 bits per heavy atom. The molecule has 0 saturated carbocycles. The molecule has 1 amide bonds. The number of phenolic OH excluding ortho intramolecular Hbond substituents is 1. The largest absolute Gasteiger partial charge is 0.508 e. The molecule has 0 aliphatic heterocycles. The quantitative estimate of drug-likeness (QED) is 0.565. The van der Waals surface area contributed by atoms with Crippen LogP contribution in [0, 0.1) is 12.7 Å². The number of halogens is 1. The minimum Gasteiger partial charge on any atom is -0.508 e. The molecule has 152 valence electrons. The molecule has 0 aliphatic carbocycles. The van der Waals surface area contributed by atoms with Crippen LogP contribution in [0.4, 0.5) is 4.39 Å². The highest BCUT2D eigenvalue weighted by atomic mass is 19.1. The van der Waals surface area contributed by atoms with Crippen molar-refractivity contribution < 1.29 is 14.3 Å². The van der Waals surface area contributed by atoms with Gasteiger partial charge in [-0.1, -0.05) is 37.6 Å². The number of aromatic hydroxyl groups is 1. The first-order chi connectivity index (χ1) is 13.9. The number of hydrogen-bond donors (Lipinski definition) is 2. The van der Waals surface area contributed by atoms with E-state index in [0.29, 0.717) is 12.1 Å². The number of carbonyl (C=O) groups is 1. The normalized spacial score (nSPS) is 11.0. The summed E-state index contributed by atoms with van der Waals surface area (Å²) >= 11 is 0. The third kappa shape index (κ3) is 4.50. The van der Waals surface area contributed by atoms with Gasteiger partial charge in [0, 0.05) is 23.5 Å². The van der Waals surface area contributed by atoms with Crippen molar-refractivity contribution in [1.82, 2.24) is 4.57 Å². The molecule has 0 saturated heterocycles. The van der Waals surface area contributed by atoms with Gasteiger partial charge in [-0.05, 0) is 61.6 Å². The van der Waals surface area contributed by atoms with Gasteiger partial charge in [0.2, 0.25) is 0 Å². The lowest BCUT2D eigenvalue weighted by Crippen LogP contribution is -2.14. The zero-order valence-corrected chi connectivity index (χ0v) is 16.9. The second-order valence-electron chi connectivity index (χ2n) is 7.32. The van der Waals surface area contributed by atoms with Crippen LogP contribution >= 0.6 is 0 Å². The van der Waals surface area contributed by atoms with Crippen molar-refractivity contribution in [2.45, 2.75) is 46.1 Å². The summed E-state index contributed by atoms with van der Waals surface area (Å²) in [6, 6.07) is 13.4. The van der Waals surface area contributed by atoms with Gasteiger partial charge >= 0.3 is 0 Å². The number of primary amides is 1. The summed E-state index contributed by atoms with van der Waals surface area (Å²) in [5.74, 6) is -0.542. The molecule has 29 heavy (non-hydrogen) atoms. The van der Waals surface area contributed by atoms with Gasteiger partial charge in [0.25, 0.3) is 5.91 Å². The Morgan fingerprint density at radius 2 is 1.72 bits per heavy atom. The number of carbonyl (C=O) groups excluding carboxylic acids is 1. The van der Waals surface area contributed by atoms with Crippen molar-refractivity contribution in [3.63, 3.8) is 0 Å². The first kappa shape index (κ1) is 20.6. The van der Waals surface area contributed by atoms with E-state index >= 15 is 0 Å². The van der Waals surface area contributed by atoms with Crippen molar-refractivity contribution in [2.24, 2.45) is 5.73 Å². The molecule has 0 bridgehead atoms. The van der Waals surface area contributed by atoms with Crippen LogP contribution in [0.1, 0.15) is 47.1 Å². The van der Waals surface area contributed by atoms with E-state index in [0.717, 1.165) is 53.8 Å². The SMILES string of the molecule is CCCCc1c(-c2ccc(F)cc2)c(C(N)=O)c(C)n1CCc1ccc(O)cc1. The highest BCUT2D eigenvalue weighted by Gasteiger charge is 2.24. The van der Waals surface area contributed by atoms with Crippen LogP contribution in [0.15, 0.2) is 48.5 Å². The highest BCUT2D eigenvalue weighted by Crippen LogP contribution is 2.34. The predicted octanol–water partition coefficient (Wildman–Crippen LogP) is 4.99. The lowest BCUT2D eigenvalue weighted by atomic mass is 9.97. The maximum atomic E-state index is 13.5. The summed E-state index contributed by atoms with van der Waals surface area (Å²) in [6.07, 6.45) is 3.58. The van der Waals surface area contributed by atoms with E-state index in [2.05, 4.69) is 11.5 Å². The smallest absolute Gasteiger partial charge is 0.251 e. The van der Waals surface area contributed by atoms with Crippen molar-refractivity contribution in [3.8, 4) is 16.9 Å². The van der Waals surface area contributed by atoms with Crippen LogP contribution in [0.2, 0.25) is 0 Å². The van der Waals surface area contributed by atoms with E-state index in [9.17, 15) is 14.3 Å². The van der Waals surface area contributed by atoms with Gasteiger partial charge in [0.05, 0.1) is 5.56 Å². The number of rotatable bonds is 8. The average Bonchev–Trinajstić information content (AvgIpc) is 2.98. The second-order valence-corrected chi connectivity index (χ2v) is 7.32. The van der Waals surface area contributed by atoms with Gasteiger partial charge in [0.15, 0.2) is 0 Å². The van der Waals surface area contributed by atoms with Gasteiger partial charge in [-0.3, -0.25) is 4.79 Å². The second kappa shape index (κ2) is 8.95. The van der Waals surface area contributed by atoms with Gasteiger partial charge in [-0.15, -0.1) is 0 Å². The Kier molecular flexibility index (Phi) is 6.37. The van der Waals surface area contributed by atoms with Crippen molar-refractivity contribution in [1.29, 1.82) is 0 Å².